The Balaban J connectivity index is 1.67. The van der Waals surface area contributed by atoms with Crippen LogP contribution in [0.4, 0.5) is 5.82 Å². The van der Waals surface area contributed by atoms with Crippen LogP contribution in [0.2, 0.25) is 0 Å². The molecule has 1 fully saturated rings. The zero-order chi connectivity index (χ0) is 24.1. The van der Waals surface area contributed by atoms with Gasteiger partial charge in [0, 0.05) is 61.9 Å². The van der Waals surface area contributed by atoms with Crippen LogP contribution < -0.4 is 4.90 Å². The lowest BCUT2D eigenvalue weighted by Gasteiger charge is -2.28. The predicted octanol–water partition coefficient (Wildman–Crippen LogP) is 5.89. The lowest BCUT2D eigenvalue weighted by atomic mass is 9.79. The molecule has 1 aliphatic rings. The Kier molecular flexibility index (Phi) is 7.33. The second-order valence-corrected chi connectivity index (χ2v) is 9.28. The number of aromatic nitrogens is 4. The number of hydrogen-bond donors (Lipinski definition) is 0. The zero-order valence-corrected chi connectivity index (χ0v) is 20.7. The molecule has 34 heavy (non-hydrogen) atoms. The van der Waals surface area contributed by atoms with Crippen LogP contribution in [-0.4, -0.2) is 33.7 Å². The van der Waals surface area contributed by atoms with Gasteiger partial charge >= 0.3 is 0 Å². The highest BCUT2D eigenvalue weighted by Gasteiger charge is 2.25. The Bertz CT molecular complexity index is 1290. The molecular weight excluding hydrogens is 418 g/mol. The minimum atomic E-state index is 0.470. The van der Waals surface area contributed by atoms with E-state index >= 15 is 0 Å². The van der Waals surface area contributed by atoms with Crippen LogP contribution in [0.15, 0.2) is 30.6 Å². The van der Waals surface area contributed by atoms with Crippen LogP contribution in [0.25, 0.3) is 22.9 Å². The number of rotatable bonds is 5. The molecule has 3 aromatic heterocycles. The first-order valence-corrected chi connectivity index (χ1v) is 12.1. The number of hydrogen-bond acceptors (Lipinski definition) is 4. The summed E-state index contributed by atoms with van der Waals surface area (Å²) in [6, 6.07) is 4.34. The summed E-state index contributed by atoms with van der Waals surface area (Å²) >= 11 is 0. The summed E-state index contributed by atoms with van der Waals surface area (Å²) < 4.78 is 1.94. The van der Waals surface area contributed by atoms with Gasteiger partial charge in [0.25, 0.3) is 0 Å². The molecule has 0 N–H and O–H groups in total. The van der Waals surface area contributed by atoms with Crippen molar-refractivity contribution in [3.63, 3.8) is 0 Å². The van der Waals surface area contributed by atoms with Crippen LogP contribution in [0, 0.1) is 37.0 Å². The summed E-state index contributed by atoms with van der Waals surface area (Å²) in [5.74, 6) is 11.3. The first-order chi connectivity index (χ1) is 16.5. The highest BCUT2D eigenvalue weighted by molar-refractivity contribution is 5.78. The van der Waals surface area contributed by atoms with E-state index in [0.717, 1.165) is 65.2 Å². The van der Waals surface area contributed by atoms with E-state index in [0.29, 0.717) is 11.8 Å². The van der Waals surface area contributed by atoms with E-state index < -0.39 is 0 Å². The summed E-state index contributed by atoms with van der Waals surface area (Å²) in [6.07, 6.45) is 19.4. The monoisotopic (exact) mass is 451 g/mol. The summed E-state index contributed by atoms with van der Waals surface area (Å²) in [5, 5.41) is 4.69. The van der Waals surface area contributed by atoms with E-state index in [1.54, 1.807) is 6.08 Å². The lowest BCUT2D eigenvalue weighted by molar-refractivity contribution is 0.328. The fourth-order valence-corrected chi connectivity index (χ4v) is 4.73. The number of terminal acetylenes is 1. The average Bonchev–Trinajstić information content (AvgIpc) is 3.27. The maximum Gasteiger partial charge on any atom is 0.165 e. The van der Waals surface area contributed by atoms with Crippen LogP contribution in [0.5, 0.6) is 0 Å². The van der Waals surface area contributed by atoms with Gasteiger partial charge < -0.3 is 4.90 Å². The van der Waals surface area contributed by atoms with Crippen LogP contribution in [0.1, 0.15) is 68.3 Å². The first-order valence-electron chi connectivity index (χ1n) is 12.1. The van der Waals surface area contributed by atoms with Gasteiger partial charge in [-0.15, -0.1) is 18.3 Å². The fourth-order valence-electron chi connectivity index (χ4n) is 4.73. The molecule has 5 heteroatoms. The molecule has 174 valence electrons. The normalized spacial score (nSPS) is 18.0. The molecule has 3 heterocycles. The quantitative estimate of drug-likeness (QED) is 0.454. The number of fused-ring (bicyclic) bond motifs is 1. The SMILES string of the molecule is C#CC=Cc1ncc(-c2cnn3c(N(C)C)cc(C4CCC(CC#CCC)CC4)nc23)cc1C. The molecule has 1 aliphatic carbocycles. The van der Waals surface area contributed by atoms with Gasteiger partial charge in [-0.1, -0.05) is 12.8 Å². The van der Waals surface area contributed by atoms with Gasteiger partial charge in [0.1, 0.15) is 5.82 Å². The molecule has 0 bridgehead atoms. The summed E-state index contributed by atoms with van der Waals surface area (Å²) in [4.78, 5) is 11.9. The predicted molar refractivity (Wildman–Crippen MR) is 141 cm³/mol. The lowest BCUT2D eigenvalue weighted by Crippen LogP contribution is -2.18. The molecule has 0 aromatic carbocycles. The van der Waals surface area contributed by atoms with Crippen molar-refractivity contribution in [3.05, 3.63) is 47.6 Å². The minimum Gasteiger partial charge on any atom is -0.363 e. The average molecular weight is 452 g/mol. The Labute approximate surface area is 203 Å². The van der Waals surface area contributed by atoms with E-state index in [-0.39, 0.29) is 0 Å². The smallest absolute Gasteiger partial charge is 0.165 e. The molecule has 1 saturated carbocycles. The van der Waals surface area contributed by atoms with Gasteiger partial charge in [-0.2, -0.15) is 9.61 Å². The molecule has 0 amide bonds. The minimum absolute atomic E-state index is 0.470. The third-order valence-electron chi connectivity index (χ3n) is 6.66. The van der Waals surface area contributed by atoms with Crippen LogP contribution >= 0.6 is 0 Å². The number of aryl methyl sites for hydroxylation is 1. The summed E-state index contributed by atoms with van der Waals surface area (Å²) in [7, 11) is 4.11. The fraction of sp³-hybridized carbons (Fsp3) is 0.414. The molecule has 3 aromatic rings. The molecule has 0 saturated heterocycles. The van der Waals surface area contributed by atoms with Crippen molar-refractivity contribution in [3.8, 4) is 35.3 Å². The maximum absolute atomic E-state index is 5.35. The van der Waals surface area contributed by atoms with Crippen LogP contribution in [0.3, 0.4) is 0 Å². The number of nitrogens with zero attached hydrogens (tertiary/aromatic N) is 5. The van der Waals surface area contributed by atoms with E-state index in [1.807, 2.05) is 29.9 Å². The van der Waals surface area contributed by atoms with Gasteiger partial charge in [-0.25, -0.2) is 4.98 Å². The highest BCUT2D eigenvalue weighted by atomic mass is 15.3. The Hall–Kier alpha value is -3.57. The Morgan fingerprint density at radius 2 is 1.94 bits per heavy atom. The number of pyridine rings is 1. The zero-order valence-electron chi connectivity index (χ0n) is 20.7. The molecule has 0 spiro atoms. The first kappa shape index (κ1) is 23.6. The second kappa shape index (κ2) is 10.6. The molecule has 0 aliphatic heterocycles. The highest BCUT2D eigenvalue weighted by Crippen LogP contribution is 2.38. The third-order valence-corrected chi connectivity index (χ3v) is 6.66. The van der Waals surface area contributed by atoms with Gasteiger partial charge in [-0.3, -0.25) is 4.98 Å². The molecular formula is C29H33N5. The molecule has 0 atom stereocenters. The Morgan fingerprint density at radius 3 is 2.62 bits per heavy atom. The molecule has 5 nitrogen and oxygen atoms in total. The summed E-state index contributed by atoms with van der Waals surface area (Å²) in [5.41, 5.74) is 5.99. The van der Waals surface area contributed by atoms with Crippen molar-refractivity contribution < 1.29 is 0 Å². The van der Waals surface area contributed by atoms with Crippen molar-refractivity contribution in [2.24, 2.45) is 5.92 Å². The standard InChI is InChI=1S/C29H33N5/c1-6-8-10-11-22-13-15-23(16-14-22)27-18-28(33(4)5)34-29(32-27)25(20-31-34)24-17-21(3)26(30-19-24)12-9-7-2/h2,9,12,17-20,22-23H,6,11,13-16H2,1,3-5H3. The molecule has 0 unspecified atom stereocenters. The van der Waals surface area contributed by atoms with E-state index in [9.17, 15) is 0 Å². The maximum atomic E-state index is 5.35. The number of allylic oxidation sites excluding steroid dienone is 1. The summed E-state index contributed by atoms with van der Waals surface area (Å²) in [6.45, 7) is 4.16. The van der Waals surface area contributed by atoms with Gasteiger partial charge in [-0.05, 0) is 62.3 Å². The van der Waals surface area contributed by atoms with Gasteiger partial charge in [0.05, 0.1) is 11.9 Å². The Morgan fingerprint density at radius 1 is 1.15 bits per heavy atom. The number of anilines is 1. The van der Waals surface area contributed by atoms with E-state index in [2.05, 4.69) is 65.9 Å². The molecule has 4 rings (SSSR count). The third kappa shape index (κ3) is 5.00. The van der Waals surface area contributed by atoms with Crippen molar-refractivity contribution in [1.29, 1.82) is 0 Å². The van der Waals surface area contributed by atoms with E-state index in [1.165, 1.54) is 12.8 Å². The largest absolute Gasteiger partial charge is 0.363 e. The van der Waals surface area contributed by atoms with Crippen molar-refractivity contribution in [2.45, 2.75) is 58.3 Å². The van der Waals surface area contributed by atoms with Crippen LogP contribution in [-0.2, 0) is 0 Å². The van der Waals surface area contributed by atoms with Gasteiger partial charge in [0.2, 0.25) is 0 Å². The second-order valence-electron chi connectivity index (χ2n) is 9.28. The van der Waals surface area contributed by atoms with E-state index in [4.69, 9.17) is 11.4 Å². The topological polar surface area (TPSA) is 46.3 Å². The molecule has 0 radical (unpaired) electrons. The van der Waals surface area contributed by atoms with Crippen molar-refractivity contribution in [1.82, 2.24) is 19.6 Å². The van der Waals surface area contributed by atoms with Gasteiger partial charge in [0.15, 0.2) is 5.65 Å². The van der Waals surface area contributed by atoms with Crippen molar-refractivity contribution >= 4 is 17.5 Å². The van der Waals surface area contributed by atoms with Crippen molar-refractivity contribution in [2.75, 3.05) is 19.0 Å².